The van der Waals surface area contributed by atoms with E-state index in [1.165, 1.54) is 18.4 Å². The molecule has 1 aromatic rings. The molecule has 2 unspecified atom stereocenters. The van der Waals surface area contributed by atoms with Crippen LogP contribution in [0.25, 0.3) is 0 Å². The number of hydrogen-bond acceptors (Lipinski definition) is 1. The largest absolute Gasteiger partial charge is 0.489 e. The van der Waals surface area contributed by atoms with Crippen molar-refractivity contribution in [2.75, 3.05) is 0 Å². The van der Waals surface area contributed by atoms with Crippen molar-refractivity contribution in [2.45, 2.75) is 45.6 Å². The van der Waals surface area contributed by atoms with Gasteiger partial charge in [-0.3, -0.25) is 0 Å². The molecular formula is C14H20O. The molecule has 0 radical (unpaired) electrons. The highest BCUT2D eigenvalue weighted by Crippen LogP contribution is 2.42. The SMILES string of the molecule is CCCC1c2ccccc2OC1C(C)C. The lowest BCUT2D eigenvalue weighted by Crippen LogP contribution is -2.24. The van der Waals surface area contributed by atoms with E-state index in [0.29, 0.717) is 17.9 Å². The van der Waals surface area contributed by atoms with Crippen LogP contribution in [0.15, 0.2) is 24.3 Å². The van der Waals surface area contributed by atoms with E-state index < -0.39 is 0 Å². The van der Waals surface area contributed by atoms with Gasteiger partial charge in [0.05, 0.1) is 0 Å². The van der Waals surface area contributed by atoms with Gasteiger partial charge in [0.25, 0.3) is 0 Å². The molecule has 0 saturated carbocycles. The first-order valence-corrected chi connectivity index (χ1v) is 5.99. The molecule has 2 atom stereocenters. The van der Waals surface area contributed by atoms with Gasteiger partial charge in [0.2, 0.25) is 0 Å². The van der Waals surface area contributed by atoms with Crippen molar-refractivity contribution in [3.05, 3.63) is 29.8 Å². The monoisotopic (exact) mass is 204 g/mol. The standard InChI is InChI=1S/C14H20O/c1-4-7-12-11-8-5-6-9-13(11)15-14(12)10(2)3/h5-6,8-10,12,14H,4,7H2,1-3H3. The van der Waals surface area contributed by atoms with Crippen LogP contribution in [0.2, 0.25) is 0 Å². The minimum Gasteiger partial charge on any atom is -0.489 e. The predicted molar refractivity (Wildman–Crippen MR) is 63.3 cm³/mol. The molecule has 1 heteroatoms. The van der Waals surface area contributed by atoms with Crippen LogP contribution in [0.1, 0.15) is 45.1 Å². The van der Waals surface area contributed by atoms with Crippen molar-refractivity contribution in [1.29, 1.82) is 0 Å². The smallest absolute Gasteiger partial charge is 0.123 e. The summed E-state index contributed by atoms with van der Waals surface area (Å²) < 4.78 is 6.03. The molecular weight excluding hydrogens is 184 g/mol. The lowest BCUT2D eigenvalue weighted by molar-refractivity contribution is 0.149. The van der Waals surface area contributed by atoms with Crippen LogP contribution in [0.4, 0.5) is 0 Å². The third-order valence-electron chi connectivity index (χ3n) is 3.23. The Hall–Kier alpha value is -0.980. The topological polar surface area (TPSA) is 9.23 Å². The second kappa shape index (κ2) is 4.26. The molecule has 0 amide bonds. The van der Waals surface area contributed by atoms with Gasteiger partial charge in [0.1, 0.15) is 11.9 Å². The van der Waals surface area contributed by atoms with E-state index in [1.807, 2.05) is 0 Å². The summed E-state index contributed by atoms with van der Waals surface area (Å²) in [5, 5.41) is 0. The van der Waals surface area contributed by atoms with Crippen molar-refractivity contribution >= 4 is 0 Å². The zero-order valence-electron chi connectivity index (χ0n) is 9.86. The number of hydrogen-bond donors (Lipinski definition) is 0. The van der Waals surface area contributed by atoms with Crippen molar-refractivity contribution < 1.29 is 4.74 Å². The summed E-state index contributed by atoms with van der Waals surface area (Å²) in [6.07, 6.45) is 2.84. The number of ether oxygens (including phenoxy) is 1. The first-order valence-electron chi connectivity index (χ1n) is 5.99. The van der Waals surface area contributed by atoms with Crippen molar-refractivity contribution in [2.24, 2.45) is 5.92 Å². The molecule has 0 spiro atoms. The Morgan fingerprint density at radius 1 is 1.27 bits per heavy atom. The molecule has 15 heavy (non-hydrogen) atoms. The molecule has 1 nitrogen and oxygen atoms in total. The highest BCUT2D eigenvalue weighted by Gasteiger charge is 2.34. The highest BCUT2D eigenvalue weighted by atomic mass is 16.5. The van der Waals surface area contributed by atoms with Crippen LogP contribution >= 0.6 is 0 Å². The molecule has 1 aliphatic rings. The zero-order chi connectivity index (χ0) is 10.8. The van der Waals surface area contributed by atoms with Crippen molar-refractivity contribution in [1.82, 2.24) is 0 Å². The van der Waals surface area contributed by atoms with E-state index >= 15 is 0 Å². The van der Waals surface area contributed by atoms with Gasteiger partial charge in [-0.05, 0) is 18.4 Å². The normalized spacial score (nSPS) is 24.0. The van der Waals surface area contributed by atoms with Crippen LogP contribution in [0.3, 0.4) is 0 Å². The molecule has 0 aromatic heterocycles. The molecule has 1 aromatic carbocycles. The number of benzene rings is 1. The average molecular weight is 204 g/mol. The lowest BCUT2D eigenvalue weighted by atomic mass is 9.86. The third kappa shape index (κ3) is 1.88. The van der Waals surface area contributed by atoms with E-state index in [-0.39, 0.29) is 0 Å². The van der Waals surface area contributed by atoms with Gasteiger partial charge in [-0.25, -0.2) is 0 Å². The van der Waals surface area contributed by atoms with E-state index in [4.69, 9.17) is 4.74 Å². The summed E-state index contributed by atoms with van der Waals surface area (Å²) in [6, 6.07) is 8.50. The Bertz CT molecular complexity index is 330. The Morgan fingerprint density at radius 3 is 2.67 bits per heavy atom. The molecule has 0 aliphatic carbocycles. The van der Waals surface area contributed by atoms with Gasteiger partial charge in [-0.2, -0.15) is 0 Å². The number of fused-ring (bicyclic) bond motifs is 1. The van der Waals surface area contributed by atoms with E-state index in [1.54, 1.807) is 0 Å². The van der Waals surface area contributed by atoms with Crippen LogP contribution in [0.5, 0.6) is 5.75 Å². The summed E-state index contributed by atoms with van der Waals surface area (Å²) in [7, 11) is 0. The van der Waals surface area contributed by atoms with Gasteiger partial charge < -0.3 is 4.74 Å². The number of para-hydroxylation sites is 1. The fraction of sp³-hybridized carbons (Fsp3) is 0.571. The molecule has 82 valence electrons. The first-order chi connectivity index (χ1) is 7.24. The minimum absolute atomic E-state index is 0.377. The molecule has 0 bridgehead atoms. The van der Waals surface area contributed by atoms with Crippen molar-refractivity contribution in [3.8, 4) is 5.75 Å². The van der Waals surface area contributed by atoms with Gasteiger partial charge in [-0.15, -0.1) is 0 Å². The third-order valence-corrected chi connectivity index (χ3v) is 3.23. The van der Waals surface area contributed by atoms with E-state index in [9.17, 15) is 0 Å². The second-order valence-electron chi connectivity index (χ2n) is 4.76. The quantitative estimate of drug-likeness (QED) is 0.723. The fourth-order valence-corrected chi connectivity index (χ4v) is 2.53. The van der Waals surface area contributed by atoms with Gasteiger partial charge in [-0.1, -0.05) is 45.4 Å². The summed E-state index contributed by atoms with van der Waals surface area (Å²) in [4.78, 5) is 0. The van der Waals surface area contributed by atoms with Gasteiger partial charge in [0, 0.05) is 11.5 Å². The lowest BCUT2D eigenvalue weighted by Gasteiger charge is -2.22. The Morgan fingerprint density at radius 2 is 2.00 bits per heavy atom. The summed E-state index contributed by atoms with van der Waals surface area (Å²) in [5.41, 5.74) is 1.41. The Labute approximate surface area is 92.5 Å². The highest BCUT2D eigenvalue weighted by molar-refractivity contribution is 5.41. The van der Waals surface area contributed by atoms with Gasteiger partial charge in [0.15, 0.2) is 0 Å². The zero-order valence-corrected chi connectivity index (χ0v) is 9.86. The van der Waals surface area contributed by atoms with Crippen molar-refractivity contribution in [3.63, 3.8) is 0 Å². The maximum atomic E-state index is 6.03. The molecule has 1 heterocycles. The number of rotatable bonds is 3. The van der Waals surface area contributed by atoms with E-state index in [0.717, 1.165) is 5.75 Å². The fourth-order valence-electron chi connectivity index (χ4n) is 2.53. The molecule has 0 N–H and O–H groups in total. The summed E-state index contributed by atoms with van der Waals surface area (Å²) in [6.45, 7) is 6.75. The predicted octanol–water partition coefficient (Wildman–Crippen LogP) is 3.99. The van der Waals surface area contributed by atoms with E-state index in [2.05, 4.69) is 45.0 Å². The Kier molecular flexibility index (Phi) is 2.99. The maximum absolute atomic E-state index is 6.03. The second-order valence-corrected chi connectivity index (χ2v) is 4.76. The Balaban J connectivity index is 2.29. The van der Waals surface area contributed by atoms with Gasteiger partial charge >= 0.3 is 0 Å². The summed E-state index contributed by atoms with van der Waals surface area (Å²) >= 11 is 0. The van der Waals surface area contributed by atoms with Crippen LogP contribution in [-0.2, 0) is 0 Å². The van der Waals surface area contributed by atoms with Crippen LogP contribution in [0, 0.1) is 5.92 Å². The molecule has 2 rings (SSSR count). The average Bonchev–Trinajstić information content (AvgIpc) is 2.58. The molecule has 1 aliphatic heterocycles. The minimum atomic E-state index is 0.377. The van der Waals surface area contributed by atoms with Crippen LogP contribution in [-0.4, -0.2) is 6.10 Å². The maximum Gasteiger partial charge on any atom is 0.123 e. The molecule has 0 saturated heterocycles. The first kappa shape index (κ1) is 10.5. The van der Waals surface area contributed by atoms with Crippen LogP contribution < -0.4 is 4.74 Å². The summed E-state index contributed by atoms with van der Waals surface area (Å²) in [5.74, 6) is 2.30. The molecule has 0 fully saturated rings.